The van der Waals surface area contributed by atoms with E-state index >= 15 is 0 Å². The lowest BCUT2D eigenvalue weighted by atomic mass is 9.88. The molecule has 0 radical (unpaired) electrons. The summed E-state index contributed by atoms with van der Waals surface area (Å²) in [5.41, 5.74) is 0. The molecule has 1 heterocycles. The molecule has 0 saturated carbocycles. The molecule has 0 unspecified atom stereocenters. The summed E-state index contributed by atoms with van der Waals surface area (Å²) in [4.78, 5) is 0. The van der Waals surface area contributed by atoms with Crippen LogP contribution < -0.4 is 0 Å². The van der Waals surface area contributed by atoms with Gasteiger partial charge >= 0.3 is 0 Å². The first-order valence-corrected chi connectivity index (χ1v) is 41.8. The minimum absolute atomic E-state index is 0.0415. The molecule has 6 heteroatoms. The lowest BCUT2D eigenvalue weighted by molar-refractivity contribution is -0.0471. The van der Waals surface area contributed by atoms with Gasteiger partial charge in [-0.2, -0.15) is 0 Å². The Bertz CT molecular complexity index is 1410. The molecule has 0 bridgehead atoms. The lowest BCUT2D eigenvalue weighted by Gasteiger charge is -2.19. The molecule has 0 aromatic rings. The van der Waals surface area contributed by atoms with Crippen molar-refractivity contribution in [1.82, 2.24) is 0 Å². The smallest absolute Gasteiger partial charge is 0.104 e. The highest BCUT2D eigenvalue weighted by atomic mass is 16.5. The second-order valence-corrected chi connectivity index (χ2v) is 34.7. The molecule has 1 rings (SSSR count). The fourth-order valence-corrected chi connectivity index (χ4v) is 15.4. The van der Waals surface area contributed by atoms with Crippen molar-refractivity contribution in [2.45, 2.75) is 406 Å². The molecule has 18 atom stereocenters. The second-order valence-electron chi connectivity index (χ2n) is 34.7. The van der Waals surface area contributed by atoms with E-state index < -0.39 is 0 Å². The van der Waals surface area contributed by atoms with Crippen molar-refractivity contribution >= 4 is 0 Å². The van der Waals surface area contributed by atoms with Crippen LogP contribution in [-0.2, 0) is 18.9 Å². The van der Waals surface area contributed by atoms with E-state index in [4.69, 9.17) is 18.9 Å². The molecule has 552 valence electrons. The summed E-state index contributed by atoms with van der Waals surface area (Å²) >= 11 is 0. The Morgan fingerprint density at radius 1 is 0.185 bits per heavy atom. The van der Waals surface area contributed by atoms with Gasteiger partial charge in [0.1, 0.15) is 12.2 Å². The maximum Gasteiger partial charge on any atom is 0.104 e. The number of aliphatic hydroxyl groups is 2. The molecular weight excluding hydrogens is 1130 g/mol. The average Bonchev–Trinajstić information content (AvgIpc) is 3.72. The van der Waals surface area contributed by atoms with Crippen molar-refractivity contribution in [3.05, 3.63) is 0 Å². The van der Waals surface area contributed by atoms with Crippen molar-refractivity contribution in [3.63, 3.8) is 0 Å². The minimum Gasteiger partial charge on any atom is -0.394 e. The van der Waals surface area contributed by atoms with E-state index in [2.05, 4.69) is 111 Å². The monoisotopic (exact) mass is 1300 g/mol. The summed E-state index contributed by atoms with van der Waals surface area (Å²) in [6.07, 6.45) is 59.0. The molecule has 0 aromatic heterocycles. The van der Waals surface area contributed by atoms with E-state index in [0.29, 0.717) is 36.9 Å². The van der Waals surface area contributed by atoms with Crippen molar-refractivity contribution in [1.29, 1.82) is 0 Å². The van der Waals surface area contributed by atoms with E-state index in [0.717, 1.165) is 123 Å². The van der Waals surface area contributed by atoms with E-state index in [-0.39, 0.29) is 25.4 Å². The van der Waals surface area contributed by atoms with Crippen LogP contribution in [0.5, 0.6) is 0 Å². The third kappa shape index (κ3) is 56.6. The normalized spacial score (nSPS) is 36.1. The van der Waals surface area contributed by atoms with Crippen LogP contribution in [0.25, 0.3) is 0 Å². The van der Waals surface area contributed by atoms with Gasteiger partial charge in [0.15, 0.2) is 0 Å². The van der Waals surface area contributed by atoms with E-state index in [1.807, 2.05) is 0 Å². The molecule has 1 saturated heterocycles. The SMILES string of the molecule is C[C@@H]1CCC[C@H](C)CCC[C@H](C)CC[C@H](C)CCC[C@@H](C)CCC[C@@H](C)CCC[C@@H](C)CCO[C@H](CO)COCC[C@H](C)CCC[C@H](C)CCC[C@H](C)CCC[C@H](C)CC[C@@H](C)CCC[C@@H](C)CCC[C@@H](C)CCC[C@@H](C)CCO[C@H](CO)COCC[C@H](C)CCC1. The topological polar surface area (TPSA) is 77.4 Å². The van der Waals surface area contributed by atoms with Gasteiger partial charge in [-0.1, -0.05) is 368 Å². The molecule has 2 N–H and O–H groups in total. The summed E-state index contributed by atoms with van der Waals surface area (Å²) in [7, 11) is 0. The summed E-state index contributed by atoms with van der Waals surface area (Å²) in [5, 5.41) is 20.1. The van der Waals surface area contributed by atoms with E-state index in [9.17, 15) is 10.2 Å². The molecule has 0 amide bonds. The van der Waals surface area contributed by atoms with Gasteiger partial charge in [0, 0.05) is 26.4 Å². The number of aliphatic hydroxyl groups excluding tert-OH is 2. The van der Waals surface area contributed by atoms with Crippen LogP contribution in [-0.4, -0.2) is 75.3 Å². The quantitative estimate of drug-likeness (QED) is 0.287. The standard InChI is InChI=1S/C86H172O6/c1-69-29-17-33-73(5)41-25-49-81(13)57-61-89-67-85(65-87)91-63-59-83(15)52-28-44-76(8)36-20-32-72(4)40-24-48-80(12)56-54-78(10)46-22-38-70(2)30-18-34-74(6)42-26-50-82(14)58-62-90-68-86(66-88)92-64-60-84(16)51-27-43-75(7)35-19-31-71(3)39-23-47-79(11)55-53-77(9)45-21-37-69/h69-88H,17-68H2,1-16H3/t69-,70-,71-,72-,73+,74+,75+,76+,77-,78-,79-,80+,81+,82+,83+,84+,85+,86+/m0/s1. The number of rotatable bonds is 2. The van der Waals surface area contributed by atoms with E-state index in [1.165, 1.54) is 257 Å². The Kier molecular flexibility index (Phi) is 59.2. The number of hydrogen-bond acceptors (Lipinski definition) is 6. The second kappa shape index (κ2) is 60.7. The molecule has 0 spiro atoms. The Morgan fingerprint density at radius 3 is 0.467 bits per heavy atom. The zero-order valence-electron chi connectivity index (χ0n) is 65.7. The van der Waals surface area contributed by atoms with Crippen LogP contribution in [0, 0.1) is 94.7 Å². The lowest BCUT2D eigenvalue weighted by Crippen LogP contribution is -2.25. The molecule has 1 aliphatic rings. The summed E-state index contributed by atoms with van der Waals surface area (Å²) in [6.45, 7) is 43.7. The molecule has 0 aliphatic carbocycles. The van der Waals surface area contributed by atoms with Crippen LogP contribution in [0.1, 0.15) is 393 Å². The minimum atomic E-state index is -0.203. The maximum atomic E-state index is 10.0. The largest absolute Gasteiger partial charge is 0.394 e. The Hall–Kier alpha value is -0.240. The van der Waals surface area contributed by atoms with Gasteiger partial charge < -0.3 is 29.2 Å². The first kappa shape index (κ1) is 89.8. The van der Waals surface area contributed by atoms with E-state index in [1.54, 1.807) is 0 Å². The molecule has 1 fully saturated rings. The van der Waals surface area contributed by atoms with Gasteiger partial charge in [0.2, 0.25) is 0 Å². The predicted octanol–water partition coefficient (Wildman–Crippen LogP) is 26.1. The fourth-order valence-electron chi connectivity index (χ4n) is 15.4. The highest BCUT2D eigenvalue weighted by Crippen LogP contribution is 2.31. The van der Waals surface area contributed by atoms with Gasteiger partial charge in [-0.25, -0.2) is 0 Å². The summed E-state index contributed by atoms with van der Waals surface area (Å²) in [5.74, 6) is 12.9. The van der Waals surface area contributed by atoms with Gasteiger partial charge in [0.25, 0.3) is 0 Å². The van der Waals surface area contributed by atoms with Crippen LogP contribution in [0.3, 0.4) is 0 Å². The Labute approximate surface area is 579 Å². The first-order chi connectivity index (χ1) is 44.2. The van der Waals surface area contributed by atoms with Crippen molar-refractivity contribution in [3.8, 4) is 0 Å². The van der Waals surface area contributed by atoms with Crippen LogP contribution in [0.2, 0.25) is 0 Å². The molecular formula is C86H172O6. The summed E-state index contributed by atoms with van der Waals surface area (Å²) in [6, 6.07) is 0. The maximum absolute atomic E-state index is 10.0. The zero-order valence-corrected chi connectivity index (χ0v) is 65.7. The summed E-state index contributed by atoms with van der Waals surface area (Å²) < 4.78 is 24.4. The third-order valence-electron chi connectivity index (χ3n) is 23.5. The third-order valence-corrected chi connectivity index (χ3v) is 23.5. The van der Waals surface area contributed by atoms with Gasteiger partial charge in [-0.15, -0.1) is 0 Å². The molecule has 92 heavy (non-hydrogen) atoms. The van der Waals surface area contributed by atoms with Crippen LogP contribution in [0.15, 0.2) is 0 Å². The number of ether oxygens (including phenoxy) is 4. The van der Waals surface area contributed by atoms with Gasteiger partial charge in [-0.3, -0.25) is 0 Å². The Morgan fingerprint density at radius 2 is 0.315 bits per heavy atom. The van der Waals surface area contributed by atoms with Gasteiger partial charge in [-0.05, 0) is 120 Å². The average molecular weight is 1300 g/mol. The number of hydrogen-bond donors (Lipinski definition) is 2. The van der Waals surface area contributed by atoms with Gasteiger partial charge in [0.05, 0.1) is 26.4 Å². The molecule has 6 nitrogen and oxygen atoms in total. The first-order valence-electron chi connectivity index (χ1n) is 41.8. The van der Waals surface area contributed by atoms with Crippen molar-refractivity contribution < 1.29 is 29.2 Å². The molecule has 1 aliphatic heterocycles. The predicted molar refractivity (Wildman–Crippen MR) is 405 cm³/mol. The highest BCUT2D eigenvalue weighted by Gasteiger charge is 2.18. The zero-order chi connectivity index (χ0) is 68.0. The van der Waals surface area contributed by atoms with Crippen LogP contribution in [0.4, 0.5) is 0 Å². The van der Waals surface area contributed by atoms with Crippen molar-refractivity contribution in [2.24, 2.45) is 94.7 Å². The van der Waals surface area contributed by atoms with Crippen LogP contribution >= 0.6 is 0 Å². The fraction of sp³-hybridized carbons (Fsp3) is 1.00. The Balaban J connectivity index is 2.51. The highest BCUT2D eigenvalue weighted by molar-refractivity contribution is 4.70. The van der Waals surface area contributed by atoms with Crippen molar-refractivity contribution in [2.75, 3.05) is 52.9 Å². The molecule has 0 aromatic carbocycles.